The minimum Gasteiger partial charge on any atom is -0.492 e. The van der Waals surface area contributed by atoms with Crippen LogP contribution in [0.15, 0.2) is 42.5 Å². The SMILES string of the molecule is CCOc1cc(CN2CCC(N3C(=O)c4cccc(c4)C3=O)CC2)ccc1Cl. The lowest BCUT2D eigenvalue weighted by Gasteiger charge is -2.38. The van der Waals surface area contributed by atoms with Crippen LogP contribution < -0.4 is 4.74 Å². The molecule has 2 aromatic rings. The number of hydrogen-bond acceptors (Lipinski definition) is 4. The molecular formula is C22H23ClN2O3. The molecule has 1 fully saturated rings. The van der Waals surface area contributed by atoms with Gasteiger partial charge < -0.3 is 4.74 Å². The Kier molecular flexibility index (Phi) is 5.38. The van der Waals surface area contributed by atoms with E-state index in [-0.39, 0.29) is 17.9 Å². The lowest BCUT2D eigenvalue weighted by molar-refractivity contribution is 0.0447. The molecular weight excluding hydrogens is 376 g/mol. The van der Waals surface area contributed by atoms with Gasteiger partial charge in [-0.15, -0.1) is 0 Å². The standard InChI is InChI=1S/C22H23ClN2O3/c1-2-28-20-12-15(6-7-19(20)23)14-24-10-8-18(9-11-24)25-21(26)16-4-3-5-17(13-16)22(25)27/h3-7,12-13,18H,2,8-11,14H2,1H3. The van der Waals surface area contributed by atoms with Gasteiger partial charge in [-0.25, -0.2) is 0 Å². The summed E-state index contributed by atoms with van der Waals surface area (Å²) in [5.41, 5.74) is 2.35. The van der Waals surface area contributed by atoms with E-state index in [9.17, 15) is 9.59 Å². The molecule has 0 unspecified atom stereocenters. The van der Waals surface area contributed by atoms with Gasteiger partial charge in [-0.1, -0.05) is 23.7 Å². The van der Waals surface area contributed by atoms with E-state index in [1.807, 2.05) is 25.1 Å². The number of hydrogen-bond donors (Lipinski definition) is 0. The summed E-state index contributed by atoms with van der Waals surface area (Å²) in [7, 11) is 0. The largest absolute Gasteiger partial charge is 0.492 e. The smallest absolute Gasteiger partial charge is 0.261 e. The number of nitrogens with zero attached hydrogens (tertiary/aromatic N) is 2. The summed E-state index contributed by atoms with van der Waals surface area (Å²) in [4.78, 5) is 29.1. The lowest BCUT2D eigenvalue weighted by Crippen LogP contribution is -2.51. The van der Waals surface area contributed by atoms with E-state index in [0.717, 1.165) is 38.0 Å². The minimum atomic E-state index is -0.171. The van der Waals surface area contributed by atoms with Gasteiger partial charge in [-0.3, -0.25) is 19.4 Å². The zero-order valence-corrected chi connectivity index (χ0v) is 16.6. The predicted octanol–water partition coefficient (Wildman–Crippen LogP) is 4.00. The first-order chi connectivity index (χ1) is 13.6. The van der Waals surface area contributed by atoms with Crippen molar-refractivity contribution < 1.29 is 14.3 Å². The fourth-order valence-corrected chi connectivity index (χ4v) is 4.17. The first-order valence-electron chi connectivity index (χ1n) is 9.68. The maximum atomic E-state index is 12.7. The van der Waals surface area contributed by atoms with Gasteiger partial charge >= 0.3 is 0 Å². The zero-order valence-electron chi connectivity index (χ0n) is 15.9. The third kappa shape index (κ3) is 3.64. The Morgan fingerprint density at radius 1 is 1.04 bits per heavy atom. The fourth-order valence-electron chi connectivity index (χ4n) is 3.99. The van der Waals surface area contributed by atoms with Crippen LogP contribution in [0.2, 0.25) is 5.02 Å². The Morgan fingerprint density at radius 2 is 1.71 bits per heavy atom. The normalized spacial score (nSPS) is 17.9. The Morgan fingerprint density at radius 3 is 2.36 bits per heavy atom. The van der Waals surface area contributed by atoms with Crippen molar-refractivity contribution in [2.45, 2.75) is 32.4 Å². The highest BCUT2D eigenvalue weighted by molar-refractivity contribution is 6.32. The van der Waals surface area contributed by atoms with Crippen molar-refractivity contribution in [1.29, 1.82) is 0 Å². The summed E-state index contributed by atoms with van der Waals surface area (Å²) in [6.45, 7) is 4.98. The second-order valence-electron chi connectivity index (χ2n) is 7.27. The number of piperidine rings is 1. The zero-order chi connectivity index (χ0) is 19.7. The number of ether oxygens (including phenoxy) is 1. The second kappa shape index (κ2) is 7.94. The van der Waals surface area contributed by atoms with Crippen LogP contribution >= 0.6 is 11.6 Å². The van der Waals surface area contributed by atoms with Gasteiger partial charge in [0, 0.05) is 36.8 Å². The molecule has 2 heterocycles. The van der Waals surface area contributed by atoms with Crippen LogP contribution in [0.25, 0.3) is 0 Å². The maximum Gasteiger partial charge on any atom is 0.261 e. The van der Waals surface area contributed by atoms with E-state index in [1.165, 1.54) is 4.90 Å². The molecule has 28 heavy (non-hydrogen) atoms. The average Bonchev–Trinajstić information content (AvgIpc) is 2.71. The topological polar surface area (TPSA) is 49.9 Å². The minimum absolute atomic E-state index is 0.0425. The fraction of sp³-hybridized carbons (Fsp3) is 0.364. The molecule has 0 aliphatic carbocycles. The van der Waals surface area contributed by atoms with E-state index in [1.54, 1.807) is 24.3 Å². The van der Waals surface area contributed by atoms with Crippen LogP contribution in [0.1, 0.15) is 46.0 Å². The number of fused-ring (bicyclic) bond motifs is 2. The monoisotopic (exact) mass is 398 g/mol. The number of likely N-dealkylation sites (tertiary alicyclic amines) is 1. The average molecular weight is 399 g/mol. The van der Waals surface area contributed by atoms with Gasteiger partial charge in [0.1, 0.15) is 5.75 Å². The molecule has 2 aliphatic heterocycles. The number of halogens is 1. The van der Waals surface area contributed by atoms with Crippen LogP contribution in [0, 0.1) is 0 Å². The molecule has 0 aromatic heterocycles. The summed E-state index contributed by atoms with van der Waals surface area (Å²) in [5.74, 6) is 0.369. The molecule has 2 aromatic carbocycles. The molecule has 0 saturated carbocycles. The van der Waals surface area contributed by atoms with Gasteiger partial charge in [0.15, 0.2) is 0 Å². The van der Waals surface area contributed by atoms with Crippen molar-refractivity contribution >= 4 is 23.4 Å². The number of carbonyl (C=O) groups is 2. The van der Waals surface area contributed by atoms with Gasteiger partial charge in [-0.2, -0.15) is 0 Å². The molecule has 0 spiro atoms. The molecule has 0 radical (unpaired) electrons. The summed E-state index contributed by atoms with van der Waals surface area (Å²) < 4.78 is 5.57. The van der Waals surface area contributed by atoms with E-state index in [4.69, 9.17) is 16.3 Å². The maximum absolute atomic E-state index is 12.7. The number of benzene rings is 2. The Bertz CT molecular complexity index is 875. The first kappa shape index (κ1) is 19.0. The number of carbonyl (C=O) groups excluding carboxylic acids is 2. The van der Waals surface area contributed by atoms with Gasteiger partial charge in [0.05, 0.1) is 11.6 Å². The molecule has 2 bridgehead atoms. The molecule has 146 valence electrons. The van der Waals surface area contributed by atoms with Crippen LogP contribution in [-0.4, -0.2) is 47.4 Å². The van der Waals surface area contributed by atoms with Crippen LogP contribution in [-0.2, 0) is 6.54 Å². The predicted molar refractivity (Wildman–Crippen MR) is 108 cm³/mol. The first-order valence-corrected chi connectivity index (χ1v) is 10.1. The van der Waals surface area contributed by atoms with E-state index < -0.39 is 0 Å². The molecule has 0 atom stereocenters. The summed E-state index contributed by atoms with van der Waals surface area (Å²) >= 11 is 6.17. The van der Waals surface area contributed by atoms with E-state index >= 15 is 0 Å². The highest BCUT2D eigenvalue weighted by atomic mass is 35.5. The second-order valence-corrected chi connectivity index (χ2v) is 7.67. The van der Waals surface area contributed by atoms with Crippen molar-refractivity contribution in [3.63, 3.8) is 0 Å². The van der Waals surface area contributed by atoms with Gasteiger partial charge in [-0.05, 0) is 55.7 Å². The molecule has 6 heteroatoms. The number of imide groups is 1. The van der Waals surface area contributed by atoms with E-state index in [0.29, 0.717) is 28.5 Å². The van der Waals surface area contributed by atoms with Gasteiger partial charge in [0.25, 0.3) is 11.8 Å². The molecule has 0 N–H and O–H groups in total. The molecule has 4 rings (SSSR count). The van der Waals surface area contributed by atoms with Crippen molar-refractivity contribution in [2.75, 3.05) is 19.7 Å². The number of rotatable bonds is 5. The molecule has 2 amide bonds. The molecule has 5 nitrogen and oxygen atoms in total. The third-order valence-corrected chi connectivity index (χ3v) is 5.73. The van der Waals surface area contributed by atoms with Crippen molar-refractivity contribution in [2.24, 2.45) is 0 Å². The Balaban J connectivity index is 1.39. The number of amides is 2. The summed E-state index contributed by atoms with van der Waals surface area (Å²) in [6.07, 6.45) is 1.57. The summed E-state index contributed by atoms with van der Waals surface area (Å²) in [5, 5.41) is 0.620. The molecule has 1 saturated heterocycles. The quantitative estimate of drug-likeness (QED) is 0.714. The van der Waals surface area contributed by atoms with Crippen molar-refractivity contribution in [3.8, 4) is 5.75 Å². The molecule has 2 aliphatic rings. The third-order valence-electron chi connectivity index (χ3n) is 5.42. The Hall–Kier alpha value is -2.37. The highest BCUT2D eigenvalue weighted by Crippen LogP contribution is 2.28. The van der Waals surface area contributed by atoms with Gasteiger partial charge in [0.2, 0.25) is 0 Å². The highest BCUT2D eigenvalue weighted by Gasteiger charge is 2.36. The van der Waals surface area contributed by atoms with Crippen LogP contribution in [0.4, 0.5) is 0 Å². The summed E-state index contributed by atoms with van der Waals surface area (Å²) in [6, 6.07) is 12.8. The van der Waals surface area contributed by atoms with Crippen molar-refractivity contribution in [1.82, 2.24) is 9.80 Å². The Labute approximate surface area is 169 Å². The lowest BCUT2D eigenvalue weighted by atomic mass is 9.96. The van der Waals surface area contributed by atoms with Crippen LogP contribution in [0.3, 0.4) is 0 Å². The van der Waals surface area contributed by atoms with E-state index in [2.05, 4.69) is 4.90 Å². The van der Waals surface area contributed by atoms with Crippen LogP contribution in [0.5, 0.6) is 5.75 Å². The van der Waals surface area contributed by atoms with Crippen molar-refractivity contribution in [3.05, 3.63) is 64.2 Å².